The van der Waals surface area contributed by atoms with Crippen molar-refractivity contribution in [3.63, 3.8) is 0 Å². The number of nitrogens with zero attached hydrogens (tertiary/aromatic N) is 4. The van der Waals surface area contributed by atoms with Crippen LogP contribution < -0.4 is 15.8 Å². The number of anilines is 1. The van der Waals surface area contributed by atoms with Gasteiger partial charge in [0.25, 0.3) is 5.56 Å². The molecule has 2 aromatic rings. The van der Waals surface area contributed by atoms with Crippen LogP contribution in [0.4, 0.5) is 19.0 Å². The lowest BCUT2D eigenvalue weighted by atomic mass is 10.1. The molecule has 0 radical (unpaired) electrons. The molecule has 0 saturated carbocycles. The Morgan fingerprint density at radius 2 is 2.11 bits per heavy atom. The van der Waals surface area contributed by atoms with Crippen LogP contribution in [0.25, 0.3) is 0 Å². The molecule has 2 aliphatic heterocycles. The van der Waals surface area contributed by atoms with Crippen molar-refractivity contribution in [2.45, 2.75) is 51.0 Å². The molecule has 0 aromatic carbocycles. The third-order valence-electron chi connectivity index (χ3n) is 5.22. The van der Waals surface area contributed by atoms with Crippen LogP contribution in [0.15, 0.2) is 16.9 Å². The number of H-pyrrole nitrogens is 1. The first-order valence-corrected chi connectivity index (χ1v) is 9.12. The Kier molecular flexibility index (Phi) is 4.67. The maximum Gasteiger partial charge on any atom is 0.421 e. The number of halogens is 3. The van der Waals surface area contributed by atoms with E-state index < -0.39 is 17.3 Å². The molecule has 1 saturated heterocycles. The highest BCUT2D eigenvalue weighted by molar-refractivity contribution is 5.42. The van der Waals surface area contributed by atoms with Gasteiger partial charge in [-0.3, -0.25) is 9.48 Å². The van der Waals surface area contributed by atoms with Gasteiger partial charge < -0.3 is 10.2 Å². The summed E-state index contributed by atoms with van der Waals surface area (Å²) in [5.41, 5.74) is -0.241. The number of aromatic amines is 1. The second-order valence-electron chi connectivity index (χ2n) is 7.02. The standard InChI is InChI=1S/C17H21F3N6O/c18-17(19,20)14-9-15(22-23-16(14)27)25-6-1-2-12(25)4-3-11-8-13-10-21-5-7-26(13)24-11/h8-9,12,21H,1-7,10H2,(H,23,27). The Balaban J connectivity index is 1.48. The lowest BCUT2D eigenvalue weighted by molar-refractivity contribution is -0.138. The molecule has 2 aliphatic rings. The van der Waals surface area contributed by atoms with Crippen LogP contribution in [-0.4, -0.2) is 39.1 Å². The minimum atomic E-state index is -4.69. The van der Waals surface area contributed by atoms with E-state index in [9.17, 15) is 18.0 Å². The van der Waals surface area contributed by atoms with Crippen LogP contribution in [0, 0.1) is 0 Å². The Labute approximate surface area is 153 Å². The van der Waals surface area contributed by atoms with Gasteiger partial charge in [0.05, 0.1) is 17.9 Å². The molecular formula is C17H21F3N6O. The molecule has 146 valence electrons. The molecule has 0 aliphatic carbocycles. The molecule has 7 nitrogen and oxygen atoms in total. The maximum absolute atomic E-state index is 13.0. The number of aromatic nitrogens is 4. The average molecular weight is 382 g/mol. The monoisotopic (exact) mass is 382 g/mol. The first-order valence-electron chi connectivity index (χ1n) is 9.12. The molecule has 2 aromatic heterocycles. The summed E-state index contributed by atoms with van der Waals surface area (Å²) in [4.78, 5) is 13.3. The van der Waals surface area contributed by atoms with E-state index in [0.29, 0.717) is 6.54 Å². The largest absolute Gasteiger partial charge is 0.421 e. The van der Waals surface area contributed by atoms with Gasteiger partial charge in [-0.2, -0.15) is 23.4 Å². The highest BCUT2D eigenvalue weighted by Crippen LogP contribution is 2.31. The average Bonchev–Trinajstić information content (AvgIpc) is 3.25. The number of hydrogen-bond acceptors (Lipinski definition) is 5. The van der Waals surface area contributed by atoms with E-state index >= 15 is 0 Å². The van der Waals surface area contributed by atoms with Gasteiger partial charge in [0.2, 0.25) is 0 Å². The fraction of sp³-hybridized carbons (Fsp3) is 0.588. The van der Waals surface area contributed by atoms with Gasteiger partial charge in [-0.1, -0.05) is 0 Å². The molecule has 27 heavy (non-hydrogen) atoms. The predicted octanol–water partition coefficient (Wildman–Crippen LogP) is 1.69. The van der Waals surface area contributed by atoms with Crippen molar-refractivity contribution < 1.29 is 13.2 Å². The number of aryl methyl sites for hydroxylation is 1. The van der Waals surface area contributed by atoms with E-state index in [1.807, 2.05) is 14.7 Å². The fourth-order valence-electron chi connectivity index (χ4n) is 3.88. The van der Waals surface area contributed by atoms with Gasteiger partial charge in [0.1, 0.15) is 11.4 Å². The smallest absolute Gasteiger partial charge is 0.352 e. The fourth-order valence-corrected chi connectivity index (χ4v) is 3.88. The van der Waals surface area contributed by atoms with Crippen molar-refractivity contribution in [2.75, 3.05) is 18.0 Å². The normalized spacial score (nSPS) is 20.1. The second kappa shape index (κ2) is 6.99. The Bertz CT molecular complexity index is 851. The van der Waals surface area contributed by atoms with Crippen LogP contribution in [0.1, 0.15) is 36.2 Å². The van der Waals surface area contributed by atoms with Crippen molar-refractivity contribution in [3.05, 3.63) is 39.4 Å². The summed E-state index contributed by atoms with van der Waals surface area (Å²) in [5.74, 6) is 0.178. The lowest BCUT2D eigenvalue weighted by Gasteiger charge is -2.25. The Hall–Kier alpha value is -2.36. The van der Waals surface area contributed by atoms with Crippen LogP contribution in [0.5, 0.6) is 0 Å². The topological polar surface area (TPSA) is 78.8 Å². The number of nitrogens with one attached hydrogen (secondary N) is 2. The maximum atomic E-state index is 13.0. The Morgan fingerprint density at radius 1 is 1.26 bits per heavy atom. The molecule has 4 heterocycles. The SMILES string of the molecule is O=c1[nH]nc(N2CCCC2CCc2cc3n(n2)CCNC3)cc1C(F)(F)F. The van der Waals surface area contributed by atoms with Gasteiger partial charge >= 0.3 is 6.18 Å². The van der Waals surface area contributed by atoms with Gasteiger partial charge in [-0.05, 0) is 31.7 Å². The van der Waals surface area contributed by atoms with Gasteiger partial charge in [0.15, 0.2) is 0 Å². The van der Waals surface area contributed by atoms with Gasteiger partial charge in [-0.25, -0.2) is 5.10 Å². The molecule has 10 heteroatoms. The summed E-state index contributed by atoms with van der Waals surface area (Å²) in [6.45, 7) is 3.20. The number of rotatable bonds is 4. The molecular weight excluding hydrogens is 361 g/mol. The van der Waals surface area contributed by atoms with E-state index in [0.717, 1.165) is 62.8 Å². The zero-order chi connectivity index (χ0) is 19.0. The van der Waals surface area contributed by atoms with Crippen molar-refractivity contribution in [1.82, 2.24) is 25.3 Å². The van der Waals surface area contributed by atoms with E-state index in [-0.39, 0.29) is 11.9 Å². The molecule has 0 amide bonds. The number of hydrogen-bond donors (Lipinski definition) is 2. The highest BCUT2D eigenvalue weighted by atomic mass is 19.4. The number of fused-ring (bicyclic) bond motifs is 1. The molecule has 1 fully saturated rings. The van der Waals surface area contributed by atoms with Crippen LogP contribution >= 0.6 is 0 Å². The summed E-state index contributed by atoms with van der Waals surface area (Å²) in [5, 5.41) is 13.8. The van der Waals surface area contributed by atoms with Gasteiger partial charge in [-0.15, -0.1) is 0 Å². The molecule has 1 atom stereocenters. The minimum Gasteiger partial charge on any atom is -0.352 e. The molecule has 0 spiro atoms. The zero-order valence-electron chi connectivity index (χ0n) is 14.7. The second-order valence-corrected chi connectivity index (χ2v) is 7.02. The summed E-state index contributed by atoms with van der Waals surface area (Å²) in [6, 6.07) is 3.03. The van der Waals surface area contributed by atoms with E-state index in [1.165, 1.54) is 0 Å². The predicted molar refractivity (Wildman–Crippen MR) is 92.5 cm³/mol. The molecule has 1 unspecified atom stereocenters. The van der Waals surface area contributed by atoms with Crippen molar-refractivity contribution in [3.8, 4) is 0 Å². The minimum absolute atomic E-state index is 0.0846. The summed E-state index contributed by atoms with van der Waals surface area (Å²) in [6.07, 6.45) is -1.37. The van der Waals surface area contributed by atoms with Crippen molar-refractivity contribution >= 4 is 5.82 Å². The lowest BCUT2D eigenvalue weighted by Crippen LogP contribution is -2.33. The molecule has 0 bridgehead atoms. The van der Waals surface area contributed by atoms with E-state index in [1.54, 1.807) is 0 Å². The highest BCUT2D eigenvalue weighted by Gasteiger charge is 2.36. The van der Waals surface area contributed by atoms with Crippen LogP contribution in [0.2, 0.25) is 0 Å². The van der Waals surface area contributed by atoms with Crippen molar-refractivity contribution in [2.24, 2.45) is 0 Å². The molecule has 2 N–H and O–H groups in total. The quantitative estimate of drug-likeness (QED) is 0.842. The van der Waals surface area contributed by atoms with Crippen LogP contribution in [0.3, 0.4) is 0 Å². The third kappa shape index (κ3) is 3.71. The van der Waals surface area contributed by atoms with E-state index in [4.69, 9.17) is 0 Å². The van der Waals surface area contributed by atoms with Crippen molar-refractivity contribution in [1.29, 1.82) is 0 Å². The summed E-state index contributed by atoms with van der Waals surface area (Å²) in [7, 11) is 0. The Morgan fingerprint density at radius 3 is 2.89 bits per heavy atom. The summed E-state index contributed by atoms with van der Waals surface area (Å²) >= 11 is 0. The number of alkyl halides is 3. The molecule has 4 rings (SSSR count). The first kappa shape index (κ1) is 18.0. The third-order valence-corrected chi connectivity index (χ3v) is 5.22. The zero-order valence-corrected chi connectivity index (χ0v) is 14.7. The van der Waals surface area contributed by atoms with Gasteiger partial charge in [0, 0.05) is 31.7 Å². The first-order chi connectivity index (χ1) is 12.9. The van der Waals surface area contributed by atoms with Crippen LogP contribution in [-0.2, 0) is 25.7 Å². The summed E-state index contributed by atoms with van der Waals surface area (Å²) < 4.78 is 41.0. The van der Waals surface area contributed by atoms with E-state index in [2.05, 4.69) is 21.6 Å².